The molecule has 1 heterocycles. The lowest BCUT2D eigenvalue weighted by molar-refractivity contribution is 0.385. The second-order valence-corrected chi connectivity index (χ2v) is 5.54. The van der Waals surface area contributed by atoms with Crippen molar-refractivity contribution in [2.45, 2.75) is 45.2 Å². The van der Waals surface area contributed by atoms with Gasteiger partial charge in [0.15, 0.2) is 0 Å². The van der Waals surface area contributed by atoms with Crippen LogP contribution in [0.5, 0.6) is 0 Å². The van der Waals surface area contributed by atoms with Gasteiger partial charge in [0.2, 0.25) is 0 Å². The van der Waals surface area contributed by atoms with E-state index in [4.69, 9.17) is 4.42 Å². The van der Waals surface area contributed by atoms with E-state index < -0.39 is 0 Å². The van der Waals surface area contributed by atoms with E-state index in [1.807, 2.05) is 6.26 Å². The van der Waals surface area contributed by atoms with Crippen molar-refractivity contribution in [3.05, 3.63) is 59.0 Å². The number of furan rings is 1. The Morgan fingerprint density at radius 2 is 2.00 bits per heavy atom. The molecule has 1 aliphatic carbocycles. The van der Waals surface area contributed by atoms with Crippen LogP contribution in [-0.2, 0) is 6.42 Å². The summed E-state index contributed by atoms with van der Waals surface area (Å²) in [4.78, 5) is 0. The van der Waals surface area contributed by atoms with Gasteiger partial charge in [-0.2, -0.15) is 0 Å². The summed E-state index contributed by atoms with van der Waals surface area (Å²) in [6.45, 7) is 4.36. The molecule has 1 aromatic heterocycles. The molecule has 0 amide bonds. The summed E-state index contributed by atoms with van der Waals surface area (Å²) in [6.07, 6.45) is 5.31. The van der Waals surface area contributed by atoms with Crippen molar-refractivity contribution in [2.24, 2.45) is 0 Å². The summed E-state index contributed by atoms with van der Waals surface area (Å²) < 4.78 is 5.55. The number of nitrogens with one attached hydrogen (secondary N) is 1. The molecule has 0 radical (unpaired) electrons. The van der Waals surface area contributed by atoms with Crippen LogP contribution in [-0.4, -0.2) is 0 Å². The molecule has 2 unspecified atom stereocenters. The minimum atomic E-state index is 0.367. The third-order valence-corrected chi connectivity index (χ3v) is 4.08. The summed E-state index contributed by atoms with van der Waals surface area (Å²) in [5.41, 5.74) is 4.01. The Morgan fingerprint density at radius 1 is 1.21 bits per heavy atom. The standard InChI is InChI=1S/C17H21NO/c1-12-6-8-14(9-7-12)13(2)18-16-4-3-5-17-15(16)10-11-19-17/h6-11,13,16,18H,3-5H2,1-2H3. The zero-order chi connectivity index (χ0) is 13.2. The van der Waals surface area contributed by atoms with Crippen molar-refractivity contribution in [1.29, 1.82) is 0 Å². The molecule has 2 heteroatoms. The number of fused-ring (bicyclic) bond motifs is 1. The Kier molecular flexibility index (Phi) is 3.43. The predicted octanol–water partition coefficient (Wildman–Crippen LogP) is 4.32. The summed E-state index contributed by atoms with van der Waals surface area (Å²) in [5.74, 6) is 1.17. The third-order valence-electron chi connectivity index (χ3n) is 4.08. The first kappa shape index (κ1) is 12.5. The summed E-state index contributed by atoms with van der Waals surface area (Å²) in [5, 5.41) is 3.74. The van der Waals surface area contributed by atoms with Crippen molar-refractivity contribution in [1.82, 2.24) is 5.32 Å². The highest BCUT2D eigenvalue weighted by molar-refractivity contribution is 5.27. The van der Waals surface area contributed by atoms with E-state index >= 15 is 0 Å². The number of rotatable bonds is 3. The SMILES string of the molecule is Cc1ccc(C(C)NC2CCCc3occc32)cc1. The maximum atomic E-state index is 5.55. The molecule has 3 rings (SSSR count). The molecule has 2 nitrogen and oxygen atoms in total. The Balaban J connectivity index is 1.74. The van der Waals surface area contributed by atoms with Crippen LogP contribution in [0, 0.1) is 6.92 Å². The average Bonchev–Trinajstić information content (AvgIpc) is 2.89. The molecular weight excluding hydrogens is 234 g/mol. The molecule has 1 N–H and O–H groups in total. The molecule has 0 bridgehead atoms. The van der Waals surface area contributed by atoms with Crippen LogP contribution in [0.4, 0.5) is 0 Å². The normalized spacial score (nSPS) is 20.0. The first-order chi connectivity index (χ1) is 9.24. The molecule has 0 aliphatic heterocycles. The maximum Gasteiger partial charge on any atom is 0.108 e. The van der Waals surface area contributed by atoms with E-state index in [1.165, 1.54) is 35.3 Å². The maximum absolute atomic E-state index is 5.55. The Morgan fingerprint density at radius 3 is 2.79 bits per heavy atom. The van der Waals surface area contributed by atoms with Crippen molar-refractivity contribution in [2.75, 3.05) is 0 Å². The lowest BCUT2D eigenvalue weighted by atomic mass is 9.92. The molecule has 0 saturated carbocycles. The molecule has 0 fully saturated rings. The van der Waals surface area contributed by atoms with Gasteiger partial charge in [-0.1, -0.05) is 29.8 Å². The fraction of sp³-hybridized carbons (Fsp3) is 0.412. The summed E-state index contributed by atoms with van der Waals surface area (Å²) in [7, 11) is 0. The Labute approximate surface area is 114 Å². The minimum absolute atomic E-state index is 0.367. The van der Waals surface area contributed by atoms with Crippen LogP contribution in [0.15, 0.2) is 41.0 Å². The highest BCUT2D eigenvalue weighted by atomic mass is 16.3. The molecule has 2 aromatic rings. The van der Waals surface area contributed by atoms with Gasteiger partial charge in [0.1, 0.15) is 5.76 Å². The van der Waals surface area contributed by atoms with E-state index in [2.05, 4.69) is 49.5 Å². The van der Waals surface area contributed by atoms with Crippen molar-refractivity contribution in [3.8, 4) is 0 Å². The van der Waals surface area contributed by atoms with E-state index in [-0.39, 0.29) is 0 Å². The molecule has 1 aliphatic rings. The fourth-order valence-corrected chi connectivity index (χ4v) is 2.91. The van der Waals surface area contributed by atoms with Crippen molar-refractivity contribution >= 4 is 0 Å². The number of benzene rings is 1. The van der Waals surface area contributed by atoms with Gasteiger partial charge in [-0.3, -0.25) is 0 Å². The highest BCUT2D eigenvalue weighted by Crippen LogP contribution is 2.32. The monoisotopic (exact) mass is 255 g/mol. The van der Waals surface area contributed by atoms with E-state index in [0.717, 1.165) is 6.42 Å². The van der Waals surface area contributed by atoms with Crippen LogP contribution < -0.4 is 5.32 Å². The van der Waals surface area contributed by atoms with Crippen LogP contribution in [0.1, 0.15) is 54.3 Å². The smallest absolute Gasteiger partial charge is 0.108 e. The zero-order valence-corrected chi connectivity index (χ0v) is 11.6. The van der Waals surface area contributed by atoms with Gasteiger partial charge < -0.3 is 9.73 Å². The lowest BCUT2D eigenvalue weighted by Gasteiger charge is -2.26. The van der Waals surface area contributed by atoms with Crippen LogP contribution in [0.25, 0.3) is 0 Å². The number of aryl methyl sites for hydroxylation is 2. The lowest BCUT2D eigenvalue weighted by Crippen LogP contribution is -2.27. The highest BCUT2D eigenvalue weighted by Gasteiger charge is 2.23. The third kappa shape index (κ3) is 2.59. The van der Waals surface area contributed by atoms with Crippen molar-refractivity contribution in [3.63, 3.8) is 0 Å². The average molecular weight is 255 g/mol. The van der Waals surface area contributed by atoms with Gasteiger partial charge in [-0.25, -0.2) is 0 Å². The quantitative estimate of drug-likeness (QED) is 0.883. The fourth-order valence-electron chi connectivity index (χ4n) is 2.91. The van der Waals surface area contributed by atoms with Gasteiger partial charge >= 0.3 is 0 Å². The Bertz CT molecular complexity index is 541. The minimum Gasteiger partial charge on any atom is -0.469 e. The van der Waals surface area contributed by atoms with Gasteiger partial charge in [-0.15, -0.1) is 0 Å². The van der Waals surface area contributed by atoms with Gasteiger partial charge in [-0.05, 0) is 38.3 Å². The molecule has 100 valence electrons. The van der Waals surface area contributed by atoms with Gasteiger partial charge in [0.25, 0.3) is 0 Å². The zero-order valence-electron chi connectivity index (χ0n) is 11.6. The molecule has 0 spiro atoms. The van der Waals surface area contributed by atoms with Crippen LogP contribution >= 0.6 is 0 Å². The molecule has 2 atom stereocenters. The second-order valence-electron chi connectivity index (χ2n) is 5.54. The molecule has 1 aromatic carbocycles. The summed E-state index contributed by atoms with van der Waals surface area (Å²) in [6, 6.07) is 11.7. The topological polar surface area (TPSA) is 25.2 Å². The largest absolute Gasteiger partial charge is 0.469 e. The molecule has 0 saturated heterocycles. The van der Waals surface area contributed by atoms with E-state index in [0.29, 0.717) is 12.1 Å². The number of hydrogen-bond acceptors (Lipinski definition) is 2. The summed E-state index contributed by atoms with van der Waals surface area (Å²) >= 11 is 0. The van der Waals surface area contributed by atoms with Crippen LogP contribution in [0.2, 0.25) is 0 Å². The molecular formula is C17H21NO. The van der Waals surface area contributed by atoms with Crippen molar-refractivity contribution < 1.29 is 4.42 Å². The molecule has 19 heavy (non-hydrogen) atoms. The van der Waals surface area contributed by atoms with Crippen LogP contribution in [0.3, 0.4) is 0 Å². The first-order valence-corrected chi connectivity index (χ1v) is 7.13. The van der Waals surface area contributed by atoms with Gasteiger partial charge in [0.05, 0.1) is 6.26 Å². The van der Waals surface area contributed by atoms with Gasteiger partial charge in [0, 0.05) is 24.1 Å². The Hall–Kier alpha value is -1.54. The second kappa shape index (κ2) is 5.22. The number of hydrogen-bond donors (Lipinski definition) is 1. The first-order valence-electron chi connectivity index (χ1n) is 7.13. The predicted molar refractivity (Wildman–Crippen MR) is 77.1 cm³/mol. The van der Waals surface area contributed by atoms with E-state index in [9.17, 15) is 0 Å². The van der Waals surface area contributed by atoms with E-state index in [1.54, 1.807) is 0 Å².